The van der Waals surface area contributed by atoms with Crippen molar-refractivity contribution in [3.63, 3.8) is 0 Å². The zero-order valence-corrected chi connectivity index (χ0v) is 11.0. The Balaban J connectivity index is 1.88. The second-order valence-electron chi connectivity index (χ2n) is 5.44. The quantitative estimate of drug-likeness (QED) is 0.858. The standard InChI is InChI=1S/C15H22N2O/c1-11-2-6-13(7-3-11)17-14-8-4-12(5-9-14)10-15(16)18/h4-5,8-9,11,13,17H,2-3,6-7,10H2,1H3,(H2,16,18). The molecule has 1 aliphatic rings. The third kappa shape index (κ3) is 3.76. The average Bonchev–Trinajstić information content (AvgIpc) is 2.34. The van der Waals surface area contributed by atoms with Gasteiger partial charge in [-0.3, -0.25) is 4.79 Å². The SMILES string of the molecule is CC1CCC(Nc2ccc(CC(N)=O)cc2)CC1. The first kappa shape index (κ1) is 12.9. The first-order chi connectivity index (χ1) is 8.63. The molecule has 0 bridgehead atoms. The van der Waals surface area contributed by atoms with Gasteiger partial charge in [-0.2, -0.15) is 0 Å². The van der Waals surface area contributed by atoms with Gasteiger partial charge < -0.3 is 11.1 Å². The van der Waals surface area contributed by atoms with Crippen molar-refractivity contribution in [2.75, 3.05) is 5.32 Å². The minimum absolute atomic E-state index is 0.281. The lowest BCUT2D eigenvalue weighted by molar-refractivity contribution is -0.117. The van der Waals surface area contributed by atoms with Gasteiger partial charge in [0.2, 0.25) is 5.91 Å². The van der Waals surface area contributed by atoms with Crippen molar-refractivity contribution < 1.29 is 4.79 Å². The highest BCUT2D eigenvalue weighted by atomic mass is 16.1. The van der Waals surface area contributed by atoms with Crippen LogP contribution in [0.5, 0.6) is 0 Å². The van der Waals surface area contributed by atoms with Crippen LogP contribution in [0.25, 0.3) is 0 Å². The van der Waals surface area contributed by atoms with E-state index in [1.54, 1.807) is 0 Å². The van der Waals surface area contributed by atoms with E-state index in [2.05, 4.69) is 12.2 Å². The van der Waals surface area contributed by atoms with Crippen molar-refractivity contribution in [2.45, 2.75) is 45.1 Å². The maximum Gasteiger partial charge on any atom is 0.221 e. The number of hydrogen-bond acceptors (Lipinski definition) is 2. The van der Waals surface area contributed by atoms with Crippen LogP contribution in [0, 0.1) is 5.92 Å². The number of amides is 1. The van der Waals surface area contributed by atoms with Gasteiger partial charge in [0.25, 0.3) is 0 Å². The van der Waals surface area contributed by atoms with Gasteiger partial charge in [-0.15, -0.1) is 0 Å². The van der Waals surface area contributed by atoms with E-state index in [-0.39, 0.29) is 5.91 Å². The fraction of sp³-hybridized carbons (Fsp3) is 0.533. The molecule has 0 saturated heterocycles. The van der Waals surface area contributed by atoms with Crippen LogP contribution in [0.15, 0.2) is 24.3 Å². The third-order valence-electron chi connectivity index (χ3n) is 3.72. The molecule has 0 aliphatic heterocycles. The second-order valence-corrected chi connectivity index (χ2v) is 5.44. The van der Waals surface area contributed by atoms with Crippen molar-refractivity contribution >= 4 is 11.6 Å². The first-order valence-corrected chi connectivity index (χ1v) is 6.77. The largest absolute Gasteiger partial charge is 0.382 e. The van der Waals surface area contributed by atoms with Gasteiger partial charge in [0, 0.05) is 11.7 Å². The van der Waals surface area contributed by atoms with Crippen LogP contribution in [0.3, 0.4) is 0 Å². The van der Waals surface area contributed by atoms with Crippen molar-refractivity contribution in [2.24, 2.45) is 11.7 Å². The molecule has 3 heteroatoms. The summed E-state index contributed by atoms with van der Waals surface area (Å²) < 4.78 is 0. The molecular formula is C15H22N2O. The number of hydrogen-bond donors (Lipinski definition) is 2. The number of rotatable bonds is 4. The lowest BCUT2D eigenvalue weighted by atomic mass is 9.87. The Kier molecular flexibility index (Phi) is 4.24. The number of carbonyl (C=O) groups is 1. The Morgan fingerprint density at radius 1 is 1.22 bits per heavy atom. The summed E-state index contributed by atoms with van der Waals surface area (Å²) in [5.41, 5.74) is 7.29. The smallest absolute Gasteiger partial charge is 0.221 e. The summed E-state index contributed by atoms with van der Waals surface area (Å²) in [6, 6.07) is 8.62. The lowest BCUT2D eigenvalue weighted by Gasteiger charge is -2.27. The highest BCUT2D eigenvalue weighted by Crippen LogP contribution is 2.26. The molecule has 1 aliphatic carbocycles. The predicted molar refractivity (Wildman–Crippen MR) is 74.4 cm³/mol. The molecule has 3 N–H and O–H groups in total. The molecule has 0 unspecified atom stereocenters. The highest BCUT2D eigenvalue weighted by molar-refractivity contribution is 5.76. The molecule has 1 fully saturated rings. The Hall–Kier alpha value is -1.51. The third-order valence-corrected chi connectivity index (χ3v) is 3.72. The van der Waals surface area contributed by atoms with Crippen molar-refractivity contribution in [1.82, 2.24) is 0 Å². The minimum Gasteiger partial charge on any atom is -0.382 e. The van der Waals surface area contributed by atoms with E-state index in [0.29, 0.717) is 12.5 Å². The van der Waals surface area contributed by atoms with Gasteiger partial charge in [-0.05, 0) is 49.3 Å². The van der Waals surface area contributed by atoms with Gasteiger partial charge in [0.1, 0.15) is 0 Å². The van der Waals surface area contributed by atoms with Gasteiger partial charge in [0.05, 0.1) is 6.42 Å². The first-order valence-electron chi connectivity index (χ1n) is 6.77. The Morgan fingerprint density at radius 2 is 1.83 bits per heavy atom. The Bertz CT molecular complexity index is 391. The molecule has 1 aromatic rings. The maximum atomic E-state index is 10.8. The van der Waals surface area contributed by atoms with Gasteiger partial charge in [-0.25, -0.2) is 0 Å². The maximum absolute atomic E-state index is 10.8. The zero-order chi connectivity index (χ0) is 13.0. The fourth-order valence-corrected chi connectivity index (χ4v) is 2.56. The number of benzene rings is 1. The van der Waals surface area contributed by atoms with Crippen LogP contribution in [-0.4, -0.2) is 11.9 Å². The van der Waals surface area contributed by atoms with E-state index < -0.39 is 0 Å². The fourth-order valence-electron chi connectivity index (χ4n) is 2.56. The summed E-state index contributed by atoms with van der Waals surface area (Å²) in [4.78, 5) is 10.8. The van der Waals surface area contributed by atoms with E-state index in [1.165, 1.54) is 25.7 Å². The molecule has 2 rings (SSSR count). The number of anilines is 1. The van der Waals surface area contributed by atoms with E-state index >= 15 is 0 Å². The van der Waals surface area contributed by atoms with Gasteiger partial charge in [0.15, 0.2) is 0 Å². The van der Waals surface area contributed by atoms with Crippen LogP contribution >= 0.6 is 0 Å². The molecule has 0 atom stereocenters. The summed E-state index contributed by atoms with van der Waals surface area (Å²) in [6.07, 6.45) is 5.46. The molecule has 1 amide bonds. The van der Waals surface area contributed by atoms with Crippen molar-refractivity contribution in [1.29, 1.82) is 0 Å². The van der Waals surface area contributed by atoms with Gasteiger partial charge >= 0.3 is 0 Å². The molecule has 0 heterocycles. The van der Waals surface area contributed by atoms with Crippen molar-refractivity contribution in [3.8, 4) is 0 Å². The number of nitrogens with two attached hydrogens (primary N) is 1. The Morgan fingerprint density at radius 3 is 2.39 bits per heavy atom. The van der Waals surface area contributed by atoms with Crippen LogP contribution in [0.4, 0.5) is 5.69 Å². The molecule has 1 saturated carbocycles. The van der Waals surface area contributed by atoms with Crippen molar-refractivity contribution in [3.05, 3.63) is 29.8 Å². The molecule has 1 aromatic carbocycles. The lowest BCUT2D eigenvalue weighted by Crippen LogP contribution is -2.25. The molecule has 0 spiro atoms. The molecule has 0 aromatic heterocycles. The van der Waals surface area contributed by atoms with E-state index in [1.807, 2.05) is 24.3 Å². The minimum atomic E-state index is -0.281. The summed E-state index contributed by atoms with van der Waals surface area (Å²) in [5, 5.41) is 3.57. The Labute approximate surface area is 109 Å². The van der Waals surface area contributed by atoms with Crippen LogP contribution in [-0.2, 0) is 11.2 Å². The van der Waals surface area contributed by atoms with E-state index in [9.17, 15) is 4.79 Å². The molecule has 18 heavy (non-hydrogen) atoms. The van der Waals surface area contributed by atoms with Crippen LogP contribution < -0.4 is 11.1 Å². The molecule has 3 nitrogen and oxygen atoms in total. The summed E-state index contributed by atoms with van der Waals surface area (Å²) in [6.45, 7) is 2.33. The summed E-state index contributed by atoms with van der Waals surface area (Å²) in [5.74, 6) is 0.595. The van der Waals surface area contributed by atoms with Crippen LogP contribution in [0.2, 0.25) is 0 Å². The number of primary amides is 1. The number of carbonyl (C=O) groups excluding carboxylic acids is 1. The number of nitrogens with one attached hydrogen (secondary N) is 1. The zero-order valence-electron chi connectivity index (χ0n) is 11.0. The normalized spacial score (nSPS) is 23.6. The van der Waals surface area contributed by atoms with Crippen LogP contribution in [0.1, 0.15) is 38.2 Å². The molecule has 0 radical (unpaired) electrons. The second kappa shape index (κ2) is 5.89. The average molecular weight is 246 g/mol. The van der Waals surface area contributed by atoms with E-state index in [4.69, 9.17) is 5.73 Å². The topological polar surface area (TPSA) is 55.1 Å². The highest BCUT2D eigenvalue weighted by Gasteiger charge is 2.17. The summed E-state index contributed by atoms with van der Waals surface area (Å²) in [7, 11) is 0. The van der Waals surface area contributed by atoms with Gasteiger partial charge in [-0.1, -0.05) is 19.1 Å². The summed E-state index contributed by atoms with van der Waals surface area (Å²) >= 11 is 0. The van der Waals surface area contributed by atoms with E-state index in [0.717, 1.165) is 17.2 Å². The molecule has 98 valence electrons. The molecular weight excluding hydrogens is 224 g/mol. The monoisotopic (exact) mass is 246 g/mol. The predicted octanol–water partition coefficient (Wildman–Crippen LogP) is 2.71.